The minimum absolute atomic E-state index is 0.0572. The average molecular weight is 426 g/mol. The third-order valence-corrected chi connectivity index (χ3v) is 5.76. The molecule has 1 aliphatic heterocycles. The Balaban J connectivity index is 2.24. The third kappa shape index (κ3) is 4.53. The number of allylic oxidation sites excluding steroid dienone is 2. The fourth-order valence-electron chi connectivity index (χ4n) is 3.20. The molecule has 0 bridgehead atoms. The van der Waals surface area contributed by atoms with E-state index in [1.807, 2.05) is 59.8 Å². The molecule has 1 aromatic carbocycles. The summed E-state index contributed by atoms with van der Waals surface area (Å²) in [6.45, 7) is -0.0572. The monoisotopic (exact) mass is 425 g/mol. The molecule has 1 aromatic heterocycles. The predicted octanol–water partition coefficient (Wildman–Crippen LogP) is 3.47. The van der Waals surface area contributed by atoms with Gasteiger partial charge in [0.05, 0.1) is 38.0 Å². The van der Waals surface area contributed by atoms with Crippen molar-refractivity contribution in [1.29, 1.82) is 0 Å². The van der Waals surface area contributed by atoms with Crippen molar-refractivity contribution in [1.82, 2.24) is 4.90 Å². The Morgan fingerprint density at radius 1 is 1.07 bits per heavy atom. The molecule has 0 aliphatic carbocycles. The molecule has 6 nitrogen and oxygen atoms in total. The number of ether oxygens (including phenoxy) is 2. The number of hydrogen-bond acceptors (Lipinski definition) is 7. The molecule has 2 aromatic rings. The lowest BCUT2D eigenvalue weighted by atomic mass is 9.94. The van der Waals surface area contributed by atoms with E-state index in [0.29, 0.717) is 0 Å². The lowest BCUT2D eigenvalue weighted by molar-refractivity contribution is -0.139. The maximum Gasteiger partial charge on any atom is 0.340 e. The second kappa shape index (κ2) is 9.56. The molecule has 0 spiro atoms. The van der Waals surface area contributed by atoms with Crippen molar-refractivity contribution >= 4 is 28.8 Å². The van der Waals surface area contributed by atoms with E-state index in [2.05, 4.69) is 0 Å². The first kappa shape index (κ1) is 21.5. The van der Waals surface area contributed by atoms with Gasteiger partial charge in [0.1, 0.15) is 0 Å². The molecule has 0 fully saturated rings. The van der Waals surface area contributed by atoms with Crippen molar-refractivity contribution in [3.63, 3.8) is 0 Å². The summed E-state index contributed by atoms with van der Waals surface area (Å²) in [7, 11) is 4.39. The largest absolute Gasteiger partial charge is 0.465 e. The van der Waals surface area contributed by atoms with Gasteiger partial charge in [-0.3, -0.25) is 0 Å². The van der Waals surface area contributed by atoms with Crippen molar-refractivity contribution in [2.75, 3.05) is 21.3 Å². The van der Waals surface area contributed by atoms with Gasteiger partial charge in [0.15, 0.2) is 0 Å². The van der Waals surface area contributed by atoms with Gasteiger partial charge in [-0.15, -0.1) is 11.3 Å². The van der Waals surface area contributed by atoms with Gasteiger partial charge in [-0.05, 0) is 40.3 Å². The summed E-state index contributed by atoms with van der Waals surface area (Å²) >= 11 is 1.60. The van der Waals surface area contributed by atoms with E-state index < -0.39 is 11.9 Å². The first-order valence-corrected chi connectivity index (χ1v) is 10.1. The van der Waals surface area contributed by atoms with E-state index in [0.717, 1.165) is 21.6 Å². The summed E-state index contributed by atoms with van der Waals surface area (Å²) in [4.78, 5) is 28.0. The molecule has 1 atom stereocenters. The number of esters is 2. The summed E-state index contributed by atoms with van der Waals surface area (Å²) in [6.07, 6.45) is 5.30. The lowest BCUT2D eigenvalue weighted by Crippen LogP contribution is -2.23. The molecule has 156 valence electrons. The third-order valence-electron chi connectivity index (χ3n) is 4.81. The number of carbonyl (C=O) groups excluding carboxylic acids is 2. The van der Waals surface area contributed by atoms with Crippen LogP contribution >= 0.6 is 11.3 Å². The van der Waals surface area contributed by atoms with Crippen LogP contribution < -0.4 is 0 Å². The van der Waals surface area contributed by atoms with Crippen LogP contribution in [0.15, 0.2) is 71.3 Å². The summed E-state index contributed by atoms with van der Waals surface area (Å²) in [5.41, 5.74) is 2.60. The molecule has 2 heterocycles. The Morgan fingerprint density at radius 2 is 1.73 bits per heavy atom. The molecule has 1 N–H and O–H groups in total. The highest BCUT2D eigenvalue weighted by Gasteiger charge is 2.27. The fraction of sp³-hybridized carbons (Fsp3) is 0.217. The highest BCUT2D eigenvalue weighted by Crippen LogP contribution is 2.34. The maximum absolute atomic E-state index is 12.5. The van der Waals surface area contributed by atoms with Crippen LogP contribution in [0.4, 0.5) is 0 Å². The van der Waals surface area contributed by atoms with E-state index >= 15 is 0 Å². The zero-order valence-corrected chi connectivity index (χ0v) is 17.8. The number of nitrogens with zero attached hydrogens (tertiary/aromatic N) is 1. The predicted molar refractivity (Wildman–Crippen MR) is 115 cm³/mol. The molecule has 1 aliphatic rings. The molecule has 7 heteroatoms. The number of aliphatic hydroxyl groups is 1. The Bertz CT molecular complexity index is 1000. The highest BCUT2D eigenvalue weighted by molar-refractivity contribution is 7.10. The van der Waals surface area contributed by atoms with Gasteiger partial charge in [-0.2, -0.15) is 0 Å². The number of likely N-dealkylation sites (N-methyl/N-ethyl adjacent to an activating group) is 1. The molecule has 0 saturated heterocycles. The Morgan fingerprint density at radius 3 is 2.30 bits per heavy atom. The smallest absolute Gasteiger partial charge is 0.340 e. The van der Waals surface area contributed by atoms with Gasteiger partial charge >= 0.3 is 11.9 Å². The first-order chi connectivity index (χ1) is 14.5. The van der Waals surface area contributed by atoms with E-state index in [1.165, 1.54) is 14.2 Å². The summed E-state index contributed by atoms with van der Waals surface area (Å²) in [5, 5.41) is 11.3. The average Bonchev–Trinajstić information content (AvgIpc) is 3.30. The Labute approximate surface area is 179 Å². The Kier molecular flexibility index (Phi) is 6.87. The maximum atomic E-state index is 12.5. The van der Waals surface area contributed by atoms with Gasteiger partial charge < -0.3 is 19.5 Å². The second-order valence-corrected chi connectivity index (χ2v) is 7.67. The van der Waals surface area contributed by atoms with Crippen LogP contribution in [0.5, 0.6) is 0 Å². The molecule has 1 unspecified atom stereocenters. The normalized spacial score (nSPS) is 16.6. The van der Waals surface area contributed by atoms with Crippen LogP contribution in [0, 0.1) is 0 Å². The van der Waals surface area contributed by atoms with Gasteiger partial charge in [-0.25, -0.2) is 9.59 Å². The molecule has 3 rings (SSSR count). The number of rotatable bonds is 5. The van der Waals surface area contributed by atoms with Crippen molar-refractivity contribution in [2.24, 2.45) is 0 Å². The molecule has 0 amide bonds. The number of thiophene rings is 1. The Hall–Kier alpha value is -3.16. The zero-order chi connectivity index (χ0) is 21.7. The van der Waals surface area contributed by atoms with Crippen molar-refractivity contribution < 1.29 is 24.2 Å². The zero-order valence-electron chi connectivity index (χ0n) is 17.0. The number of hydrogen-bond donors (Lipinski definition) is 1. The van der Waals surface area contributed by atoms with Crippen LogP contribution in [0.2, 0.25) is 0 Å². The van der Waals surface area contributed by atoms with Crippen LogP contribution in [0.3, 0.4) is 0 Å². The van der Waals surface area contributed by atoms with E-state index in [9.17, 15) is 14.7 Å². The summed E-state index contributed by atoms with van der Waals surface area (Å²) in [6, 6.07) is 11.2. The van der Waals surface area contributed by atoms with Crippen LogP contribution in [-0.4, -0.2) is 43.2 Å². The van der Waals surface area contributed by atoms with E-state index in [4.69, 9.17) is 9.47 Å². The number of aliphatic hydroxyl groups excluding tert-OH is 1. The van der Waals surface area contributed by atoms with Crippen LogP contribution in [-0.2, 0) is 25.7 Å². The standard InChI is InChI=1S/C23H23NO5S/c1-24-13-19(23(27)29-3)18(22(26)28-2)11-17(12-20(24)21-5-4-10-30-21)16-8-6-15(14-25)7-9-16/h4-13,20,25H,14H2,1-3H3. The second-order valence-electron chi connectivity index (χ2n) is 6.69. The lowest BCUT2D eigenvalue weighted by Gasteiger charge is -2.27. The van der Waals surface area contributed by atoms with Crippen LogP contribution in [0.1, 0.15) is 22.0 Å². The first-order valence-electron chi connectivity index (χ1n) is 9.26. The van der Waals surface area contributed by atoms with E-state index in [-0.39, 0.29) is 23.8 Å². The van der Waals surface area contributed by atoms with Gasteiger partial charge in [0.2, 0.25) is 0 Å². The summed E-state index contributed by atoms with van der Waals surface area (Å²) in [5.74, 6) is -1.26. The van der Waals surface area contributed by atoms with Gasteiger partial charge in [-0.1, -0.05) is 30.3 Å². The quantitative estimate of drug-likeness (QED) is 0.740. The molecular weight excluding hydrogens is 402 g/mol. The van der Waals surface area contributed by atoms with Crippen molar-refractivity contribution in [3.05, 3.63) is 87.3 Å². The molecule has 0 saturated carbocycles. The molecular formula is C23H23NO5S. The SMILES string of the molecule is COC(=O)C1=CC(c2ccc(CO)cc2)=CC(c2cccs2)N(C)C=C1C(=O)OC. The van der Waals surface area contributed by atoms with Crippen LogP contribution in [0.25, 0.3) is 5.57 Å². The van der Waals surface area contributed by atoms with Gasteiger partial charge in [0.25, 0.3) is 0 Å². The molecule has 0 radical (unpaired) electrons. The van der Waals surface area contributed by atoms with Gasteiger partial charge in [0, 0.05) is 18.1 Å². The number of benzene rings is 1. The topological polar surface area (TPSA) is 76.1 Å². The van der Waals surface area contributed by atoms with Crippen molar-refractivity contribution in [2.45, 2.75) is 12.6 Å². The molecule has 30 heavy (non-hydrogen) atoms. The van der Waals surface area contributed by atoms with Crippen molar-refractivity contribution in [3.8, 4) is 0 Å². The fourth-order valence-corrected chi connectivity index (χ4v) is 4.04. The minimum Gasteiger partial charge on any atom is -0.465 e. The minimum atomic E-state index is -0.632. The van der Waals surface area contributed by atoms with E-state index in [1.54, 1.807) is 23.6 Å². The summed E-state index contributed by atoms with van der Waals surface area (Å²) < 4.78 is 9.86. The highest BCUT2D eigenvalue weighted by atomic mass is 32.1. The number of carbonyl (C=O) groups is 2. The number of methoxy groups -OCH3 is 2.